The summed E-state index contributed by atoms with van der Waals surface area (Å²) in [6.45, 7) is 11.8. The van der Waals surface area contributed by atoms with E-state index in [1.165, 1.54) is 5.69 Å². The zero-order chi connectivity index (χ0) is 10.6. The molecule has 1 aromatic rings. The van der Waals surface area contributed by atoms with Crippen molar-refractivity contribution in [1.82, 2.24) is 14.9 Å². The summed E-state index contributed by atoms with van der Waals surface area (Å²) in [7, 11) is 0. The Balaban J connectivity index is 2.38. The highest BCUT2D eigenvalue weighted by Crippen LogP contribution is 2.10. The van der Waals surface area contributed by atoms with Crippen molar-refractivity contribution < 1.29 is 0 Å². The number of nitrogens with zero attached hydrogens (tertiary/aromatic N) is 2. The van der Waals surface area contributed by atoms with Crippen LogP contribution in [0, 0.1) is 5.41 Å². The van der Waals surface area contributed by atoms with E-state index in [4.69, 9.17) is 0 Å². The van der Waals surface area contributed by atoms with E-state index in [0.29, 0.717) is 5.41 Å². The minimum absolute atomic E-state index is 0.344. The number of hydrogen-bond donors (Lipinski definition) is 1. The fourth-order valence-corrected chi connectivity index (χ4v) is 1.35. The smallest absolute Gasteiger partial charge is 0.0948 e. The van der Waals surface area contributed by atoms with Crippen molar-refractivity contribution >= 4 is 0 Å². The van der Waals surface area contributed by atoms with Crippen molar-refractivity contribution in [3.8, 4) is 0 Å². The molecule has 0 bridgehead atoms. The van der Waals surface area contributed by atoms with Gasteiger partial charge in [-0.05, 0) is 12.3 Å². The molecular weight excluding hydrogens is 174 g/mol. The van der Waals surface area contributed by atoms with Crippen LogP contribution in [0.25, 0.3) is 0 Å². The first kappa shape index (κ1) is 11.2. The molecule has 14 heavy (non-hydrogen) atoms. The van der Waals surface area contributed by atoms with Crippen LogP contribution in [0.1, 0.15) is 33.4 Å². The maximum atomic E-state index is 4.13. The fraction of sp³-hybridized carbons (Fsp3) is 0.727. The highest BCUT2D eigenvalue weighted by molar-refractivity contribution is 4.97. The molecule has 1 N–H and O–H groups in total. The normalized spacial score (nSPS) is 12.0. The second kappa shape index (κ2) is 4.60. The lowest BCUT2D eigenvalue weighted by Gasteiger charge is -2.18. The third kappa shape index (κ3) is 3.50. The predicted octanol–water partition coefficient (Wildman–Crippen LogP) is 2.04. The van der Waals surface area contributed by atoms with E-state index in [0.717, 1.165) is 19.6 Å². The molecular formula is C11H21N3. The van der Waals surface area contributed by atoms with Crippen LogP contribution in [0.2, 0.25) is 0 Å². The van der Waals surface area contributed by atoms with Gasteiger partial charge in [0.05, 0.1) is 12.0 Å². The predicted molar refractivity (Wildman–Crippen MR) is 59.1 cm³/mol. The summed E-state index contributed by atoms with van der Waals surface area (Å²) in [5, 5.41) is 3.44. The highest BCUT2D eigenvalue weighted by Gasteiger charge is 2.09. The van der Waals surface area contributed by atoms with Crippen molar-refractivity contribution in [3.05, 3.63) is 18.2 Å². The van der Waals surface area contributed by atoms with E-state index >= 15 is 0 Å². The molecule has 0 unspecified atom stereocenters. The van der Waals surface area contributed by atoms with Gasteiger partial charge in [-0.25, -0.2) is 4.98 Å². The number of hydrogen-bond acceptors (Lipinski definition) is 2. The fourth-order valence-electron chi connectivity index (χ4n) is 1.35. The molecule has 0 saturated heterocycles. The van der Waals surface area contributed by atoms with Gasteiger partial charge in [0.25, 0.3) is 0 Å². The van der Waals surface area contributed by atoms with Crippen LogP contribution in [0.15, 0.2) is 12.5 Å². The van der Waals surface area contributed by atoms with Crippen molar-refractivity contribution in [1.29, 1.82) is 0 Å². The molecule has 0 aliphatic heterocycles. The summed E-state index contributed by atoms with van der Waals surface area (Å²) < 4.78 is 2.16. The second-order valence-electron chi connectivity index (χ2n) is 4.84. The Morgan fingerprint density at radius 1 is 1.43 bits per heavy atom. The summed E-state index contributed by atoms with van der Waals surface area (Å²) in [5.41, 5.74) is 1.61. The Morgan fingerprint density at radius 2 is 2.14 bits per heavy atom. The Bertz CT molecular complexity index is 270. The molecule has 0 spiro atoms. The van der Waals surface area contributed by atoms with Crippen LogP contribution >= 0.6 is 0 Å². The maximum absolute atomic E-state index is 4.13. The number of nitrogens with one attached hydrogen (secondary N) is 1. The third-order valence-corrected chi connectivity index (χ3v) is 2.10. The number of imidazole rings is 1. The van der Waals surface area contributed by atoms with Crippen molar-refractivity contribution in [2.75, 3.05) is 6.54 Å². The molecule has 1 heterocycles. The van der Waals surface area contributed by atoms with Gasteiger partial charge in [0, 0.05) is 25.8 Å². The molecule has 0 fully saturated rings. The zero-order valence-electron chi connectivity index (χ0n) is 9.67. The Hall–Kier alpha value is -0.830. The average Bonchev–Trinajstić information content (AvgIpc) is 2.49. The van der Waals surface area contributed by atoms with Gasteiger partial charge in [-0.3, -0.25) is 0 Å². The standard InChI is InChI=1S/C11H21N3/c1-5-14-9-13-7-10(14)6-12-8-11(2,3)4/h7,9,12H,5-6,8H2,1-4H3. The average molecular weight is 195 g/mol. The molecule has 0 atom stereocenters. The van der Waals surface area contributed by atoms with Crippen molar-refractivity contribution in [3.63, 3.8) is 0 Å². The SMILES string of the molecule is CCn1cncc1CNCC(C)(C)C. The summed E-state index contributed by atoms with van der Waals surface area (Å²) >= 11 is 0. The Labute approximate surface area is 86.5 Å². The van der Waals surface area contributed by atoms with Gasteiger partial charge in [-0.2, -0.15) is 0 Å². The third-order valence-electron chi connectivity index (χ3n) is 2.10. The van der Waals surface area contributed by atoms with E-state index < -0.39 is 0 Å². The lowest BCUT2D eigenvalue weighted by atomic mass is 9.97. The largest absolute Gasteiger partial charge is 0.334 e. The van der Waals surface area contributed by atoms with Gasteiger partial charge in [0.2, 0.25) is 0 Å². The Morgan fingerprint density at radius 3 is 2.71 bits per heavy atom. The molecule has 0 aliphatic carbocycles. The van der Waals surface area contributed by atoms with Gasteiger partial charge in [0.15, 0.2) is 0 Å². The maximum Gasteiger partial charge on any atom is 0.0948 e. The summed E-state index contributed by atoms with van der Waals surface area (Å²) in [6.07, 6.45) is 3.81. The molecule has 3 nitrogen and oxygen atoms in total. The van der Waals surface area contributed by atoms with Crippen LogP contribution in [0.5, 0.6) is 0 Å². The first-order valence-corrected chi connectivity index (χ1v) is 5.22. The van der Waals surface area contributed by atoms with Gasteiger partial charge in [-0.1, -0.05) is 20.8 Å². The molecule has 0 amide bonds. The number of aryl methyl sites for hydroxylation is 1. The van der Waals surface area contributed by atoms with E-state index in [1.807, 2.05) is 12.5 Å². The molecule has 0 aromatic carbocycles. The monoisotopic (exact) mass is 195 g/mol. The van der Waals surface area contributed by atoms with Crippen LogP contribution in [-0.2, 0) is 13.1 Å². The zero-order valence-corrected chi connectivity index (χ0v) is 9.67. The van der Waals surface area contributed by atoms with Gasteiger partial charge < -0.3 is 9.88 Å². The molecule has 0 radical (unpaired) electrons. The number of rotatable bonds is 4. The lowest BCUT2D eigenvalue weighted by Crippen LogP contribution is -2.27. The van der Waals surface area contributed by atoms with E-state index in [2.05, 4.69) is 42.6 Å². The topological polar surface area (TPSA) is 29.9 Å². The molecule has 80 valence electrons. The number of aromatic nitrogens is 2. The van der Waals surface area contributed by atoms with Crippen molar-refractivity contribution in [2.45, 2.75) is 40.8 Å². The molecule has 1 rings (SSSR count). The summed E-state index contributed by atoms with van der Waals surface area (Å²) in [4.78, 5) is 4.13. The minimum atomic E-state index is 0.344. The quantitative estimate of drug-likeness (QED) is 0.796. The van der Waals surface area contributed by atoms with Crippen LogP contribution in [0.4, 0.5) is 0 Å². The molecule has 3 heteroatoms. The van der Waals surface area contributed by atoms with Crippen LogP contribution in [0.3, 0.4) is 0 Å². The van der Waals surface area contributed by atoms with Crippen LogP contribution in [-0.4, -0.2) is 16.1 Å². The summed E-state index contributed by atoms with van der Waals surface area (Å²) in [5.74, 6) is 0. The van der Waals surface area contributed by atoms with Crippen LogP contribution < -0.4 is 5.32 Å². The van der Waals surface area contributed by atoms with Gasteiger partial charge in [-0.15, -0.1) is 0 Å². The summed E-state index contributed by atoms with van der Waals surface area (Å²) in [6, 6.07) is 0. The minimum Gasteiger partial charge on any atom is -0.334 e. The van der Waals surface area contributed by atoms with E-state index in [1.54, 1.807) is 0 Å². The highest BCUT2D eigenvalue weighted by atomic mass is 15.1. The van der Waals surface area contributed by atoms with Gasteiger partial charge >= 0.3 is 0 Å². The first-order chi connectivity index (χ1) is 6.53. The molecule has 0 aliphatic rings. The Kier molecular flexibility index (Phi) is 3.69. The van der Waals surface area contributed by atoms with Crippen molar-refractivity contribution in [2.24, 2.45) is 5.41 Å². The second-order valence-corrected chi connectivity index (χ2v) is 4.84. The molecule has 0 saturated carbocycles. The first-order valence-electron chi connectivity index (χ1n) is 5.22. The van der Waals surface area contributed by atoms with Gasteiger partial charge in [0.1, 0.15) is 0 Å². The van der Waals surface area contributed by atoms with E-state index in [-0.39, 0.29) is 0 Å². The lowest BCUT2D eigenvalue weighted by molar-refractivity contribution is 0.376. The molecule has 1 aromatic heterocycles. The van der Waals surface area contributed by atoms with E-state index in [9.17, 15) is 0 Å².